The number of benzene rings is 3. The van der Waals surface area contributed by atoms with Gasteiger partial charge in [-0.3, -0.25) is 24.0 Å². The van der Waals surface area contributed by atoms with Crippen LogP contribution in [0, 0.1) is 33.4 Å². The minimum Gasteiger partial charge on any atom is -0.391 e. The number of amides is 4. The van der Waals surface area contributed by atoms with Crippen LogP contribution in [0.15, 0.2) is 60.1 Å². The third-order valence-corrected chi connectivity index (χ3v) is 13.4. The molecule has 4 amide bonds. The van der Waals surface area contributed by atoms with Crippen molar-refractivity contribution in [2.75, 3.05) is 31.6 Å². The average Bonchev–Trinajstić information content (AvgIpc) is 3.92. The molecule has 0 aliphatic carbocycles. The molecule has 0 radical (unpaired) electrons. The van der Waals surface area contributed by atoms with Crippen molar-refractivity contribution in [2.24, 2.45) is 5.41 Å². The summed E-state index contributed by atoms with van der Waals surface area (Å²) in [7, 11) is 0. The molecule has 1 aliphatic rings. The fraction of sp³-hybridized carbons (Fsp3) is 0.500. The van der Waals surface area contributed by atoms with Crippen LogP contribution in [-0.2, 0) is 25.8 Å². The average molecular weight is 1080 g/mol. The van der Waals surface area contributed by atoms with E-state index < -0.39 is 52.6 Å². The van der Waals surface area contributed by atoms with Gasteiger partial charge in [0.1, 0.15) is 17.9 Å². The van der Waals surface area contributed by atoms with E-state index in [1.54, 1.807) is 17.4 Å². The first-order valence-electron chi connectivity index (χ1n) is 23.4. The highest BCUT2D eigenvalue weighted by Gasteiger charge is 2.44. The zero-order valence-corrected chi connectivity index (χ0v) is 42.3. The third kappa shape index (κ3) is 16.5. The first-order chi connectivity index (χ1) is 32.5. The lowest BCUT2D eigenvalue weighted by atomic mass is 9.85. The van der Waals surface area contributed by atoms with E-state index in [9.17, 15) is 37.5 Å². The van der Waals surface area contributed by atoms with Crippen LogP contribution in [0.1, 0.15) is 119 Å². The molecule has 13 nitrogen and oxygen atoms in total. The maximum absolute atomic E-state index is 14.7. The molecule has 3 atom stereocenters. The summed E-state index contributed by atoms with van der Waals surface area (Å²) in [6, 6.07) is 12.3. The van der Waals surface area contributed by atoms with Gasteiger partial charge in [0.15, 0.2) is 11.6 Å². The smallest absolute Gasteiger partial charge is 0.277 e. The van der Waals surface area contributed by atoms with E-state index in [1.165, 1.54) is 17.0 Å². The summed E-state index contributed by atoms with van der Waals surface area (Å²) >= 11 is 3.50. The number of thiazole rings is 1. The van der Waals surface area contributed by atoms with Crippen LogP contribution in [0.3, 0.4) is 0 Å². The number of aliphatic hydroxyl groups is 1. The highest BCUT2D eigenvalue weighted by molar-refractivity contribution is 14.1. The number of nitrogens with zero attached hydrogens (tertiary/aromatic N) is 2. The number of likely N-dealkylation sites (tertiary alicyclic amines) is 1. The van der Waals surface area contributed by atoms with Crippen LogP contribution in [0.4, 0.5) is 24.5 Å². The number of aliphatic hydroxyl groups excluding tert-OH is 1. The van der Waals surface area contributed by atoms with Crippen molar-refractivity contribution >= 4 is 68.9 Å². The fourth-order valence-corrected chi connectivity index (χ4v) is 9.20. The molecule has 0 spiro atoms. The molecule has 3 aromatic carbocycles. The quantitative estimate of drug-likeness (QED) is 0.0204. The molecule has 6 N–H and O–H groups in total. The van der Waals surface area contributed by atoms with Crippen molar-refractivity contribution in [3.8, 4) is 10.4 Å². The molecule has 1 aromatic heterocycles. The van der Waals surface area contributed by atoms with Crippen LogP contribution in [-0.4, -0.2) is 83.0 Å². The standard InChI is InChI=1S/C50H65F3IN7O6S/c1-32-45(68-31-57-32)34-18-16-33(17-19-34)29-56-48(65)41-28-36(62)30-61(41)49(66)46(50(2,3)4)59-42(63)15-12-10-8-6-5-7-9-11-13-24-55-25-14-26-67-60-47(64)37-21-22-38(51)43(53)44(37)58-40-23-20-35(54)27-39(40)52/h16-23,27,31,36,41,46,55,58,62H,5-15,24-26,28-30H2,1-4H3,(H,56,65)(H,59,63)(H,60,64)/t36-,41+,46-/m1/s1. The number of unbranched alkanes of at least 4 members (excludes halogenated alkanes) is 8. The van der Waals surface area contributed by atoms with Gasteiger partial charge in [-0.1, -0.05) is 90.0 Å². The number of aryl methyl sites for hydroxylation is 1. The highest BCUT2D eigenvalue weighted by Crippen LogP contribution is 2.30. The Morgan fingerprint density at radius 2 is 1.57 bits per heavy atom. The van der Waals surface area contributed by atoms with E-state index in [1.807, 2.05) is 80.1 Å². The molecule has 5 rings (SSSR count). The summed E-state index contributed by atoms with van der Waals surface area (Å²) in [5.74, 6) is -4.89. The summed E-state index contributed by atoms with van der Waals surface area (Å²) in [6.07, 6.45) is 9.39. The van der Waals surface area contributed by atoms with Crippen molar-refractivity contribution in [3.05, 3.63) is 98.0 Å². The lowest BCUT2D eigenvalue weighted by molar-refractivity contribution is -0.144. The van der Waals surface area contributed by atoms with Gasteiger partial charge in [0, 0.05) is 29.5 Å². The van der Waals surface area contributed by atoms with Crippen LogP contribution in [0.2, 0.25) is 0 Å². The number of β-amino-alcohol motifs (C(OH)–C–C–N with tert-alkyl or cyclic N) is 1. The van der Waals surface area contributed by atoms with Gasteiger partial charge in [-0.15, -0.1) is 11.3 Å². The first kappa shape index (κ1) is 54.3. The summed E-state index contributed by atoms with van der Waals surface area (Å²) in [4.78, 5) is 65.3. The predicted octanol–water partition coefficient (Wildman–Crippen LogP) is 9.24. The number of hydrogen-bond donors (Lipinski definition) is 6. The van der Waals surface area contributed by atoms with Crippen LogP contribution in [0.25, 0.3) is 10.4 Å². The zero-order chi connectivity index (χ0) is 49.2. The Bertz CT molecular complexity index is 2300. The number of carbonyl (C=O) groups is 4. The van der Waals surface area contributed by atoms with Crippen molar-refractivity contribution in [2.45, 2.75) is 129 Å². The summed E-state index contributed by atoms with van der Waals surface area (Å²) in [5.41, 5.74) is 5.53. The second-order valence-electron chi connectivity index (χ2n) is 18.3. The van der Waals surface area contributed by atoms with Crippen molar-refractivity contribution < 1.29 is 42.3 Å². The summed E-state index contributed by atoms with van der Waals surface area (Å²) < 4.78 is 43.6. The largest absolute Gasteiger partial charge is 0.391 e. The Morgan fingerprint density at radius 1 is 0.897 bits per heavy atom. The lowest BCUT2D eigenvalue weighted by Crippen LogP contribution is -2.57. The van der Waals surface area contributed by atoms with Gasteiger partial charge in [-0.05, 0) is 109 Å². The van der Waals surface area contributed by atoms with Gasteiger partial charge in [0.05, 0.1) is 45.7 Å². The second-order valence-corrected chi connectivity index (χ2v) is 20.4. The van der Waals surface area contributed by atoms with Crippen molar-refractivity contribution in [1.82, 2.24) is 31.3 Å². The van der Waals surface area contributed by atoms with Gasteiger partial charge in [-0.2, -0.15) is 0 Å². The number of aromatic nitrogens is 1. The number of carbonyl (C=O) groups excluding carboxylic acids is 4. The number of nitrogens with one attached hydrogen (secondary N) is 5. The van der Waals surface area contributed by atoms with E-state index in [-0.39, 0.29) is 55.1 Å². The van der Waals surface area contributed by atoms with Crippen molar-refractivity contribution in [3.63, 3.8) is 0 Å². The van der Waals surface area contributed by atoms with Gasteiger partial charge < -0.3 is 31.3 Å². The molecule has 68 heavy (non-hydrogen) atoms. The molecule has 1 saturated heterocycles. The van der Waals surface area contributed by atoms with Crippen LogP contribution >= 0.6 is 33.9 Å². The van der Waals surface area contributed by atoms with Crippen LogP contribution in [0.5, 0.6) is 0 Å². The zero-order valence-electron chi connectivity index (χ0n) is 39.3. The molecule has 1 aliphatic heterocycles. The number of hydrogen-bond acceptors (Lipinski definition) is 10. The lowest BCUT2D eigenvalue weighted by Gasteiger charge is -2.35. The predicted molar refractivity (Wildman–Crippen MR) is 267 cm³/mol. The van der Waals surface area contributed by atoms with Crippen LogP contribution < -0.4 is 26.7 Å². The Balaban J connectivity index is 0.887. The normalized spacial score (nSPS) is 15.3. The molecule has 2 heterocycles. The monoisotopic (exact) mass is 1080 g/mol. The molecule has 0 unspecified atom stereocenters. The molecule has 1 fully saturated rings. The molecule has 0 saturated carbocycles. The number of rotatable bonds is 26. The fourth-order valence-electron chi connectivity index (χ4n) is 7.94. The maximum atomic E-state index is 14.7. The SMILES string of the molecule is Cc1ncsc1-c1ccc(CNC(=O)[C@@H]2C[C@@H](O)CN2C(=O)[C@@H](NC(=O)CCCCCCCCCCCNCCCONC(=O)c2ccc(F)c(F)c2Nc2ccc(I)cc2F)C(C)(C)C)cc1. The van der Waals surface area contributed by atoms with E-state index in [2.05, 4.69) is 31.7 Å². The second kappa shape index (κ2) is 26.9. The van der Waals surface area contributed by atoms with Gasteiger partial charge >= 0.3 is 0 Å². The van der Waals surface area contributed by atoms with Gasteiger partial charge in [0.25, 0.3) is 5.91 Å². The van der Waals surface area contributed by atoms with E-state index in [0.717, 1.165) is 91.7 Å². The Kier molecular flexibility index (Phi) is 21.5. The number of hydroxylamine groups is 1. The highest BCUT2D eigenvalue weighted by atomic mass is 127. The minimum absolute atomic E-state index is 0.0236. The Hall–Kier alpha value is -4.63. The molecule has 4 aromatic rings. The molecular weight excluding hydrogens is 1010 g/mol. The van der Waals surface area contributed by atoms with Gasteiger partial charge in [0.2, 0.25) is 17.7 Å². The molecule has 0 bridgehead atoms. The maximum Gasteiger partial charge on any atom is 0.277 e. The topological polar surface area (TPSA) is 174 Å². The molecule has 370 valence electrons. The summed E-state index contributed by atoms with van der Waals surface area (Å²) in [6.45, 7) is 9.61. The molecule has 18 heteroatoms. The van der Waals surface area contributed by atoms with Gasteiger partial charge in [-0.25, -0.2) is 23.6 Å². The van der Waals surface area contributed by atoms with Crippen molar-refractivity contribution in [1.29, 1.82) is 0 Å². The van der Waals surface area contributed by atoms with E-state index >= 15 is 0 Å². The van der Waals surface area contributed by atoms with E-state index in [0.29, 0.717) is 29.4 Å². The number of halogens is 4. The Labute approximate surface area is 415 Å². The Morgan fingerprint density at radius 3 is 2.24 bits per heavy atom. The van der Waals surface area contributed by atoms with E-state index in [4.69, 9.17) is 4.84 Å². The minimum atomic E-state index is -1.31. The molecular formula is C50H65F3IN7O6S. The number of anilines is 2. The summed E-state index contributed by atoms with van der Waals surface area (Å²) in [5, 5.41) is 22.3. The first-order valence-corrected chi connectivity index (χ1v) is 25.4. The third-order valence-electron chi connectivity index (χ3n) is 11.8.